The fourth-order valence-corrected chi connectivity index (χ4v) is 6.01. The summed E-state index contributed by atoms with van der Waals surface area (Å²) in [6, 6.07) is 2.26. The van der Waals surface area contributed by atoms with Gasteiger partial charge in [0.25, 0.3) is 0 Å². The third-order valence-corrected chi connectivity index (χ3v) is 8.17. The first kappa shape index (κ1) is 33.1. The fourth-order valence-electron chi connectivity index (χ4n) is 6.01. The summed E-state index contributed by atoms with van der Waals surface area (Å²) >= 11 is 0. The maximum absolute atomic E-state index is 13.9. The zero-order chi connectivity index (χ0) is 31.9. The third kappa shape index (κ3) is 8.45. The van der Waals surface area contributed by atoms with Crippen molar-refractivity contribution < 1.29 is 38.1 Å². The molecule has 0 bridgehead atoms. The number of alkyl carbamates (subject to hydrolysis) is 1. The maximum atomic E-state index is 13.9. The number of nitrogens with zero attached hydrogens (tertiary/aromatic N) is 2. The molecule has 0 radical (unpaired) electrons. The Hall–Kier alpha value is -3.76. The minimum atomic E-state index is -0.950. The standard InChI is InChI=1S/C33H47N3O8/c1-6-7-8-9-10-14-26(34-31(39)44-33(2,3)4)29(37)36-20-24(18-27(36)30(38)41-5)43-32(40)35-19-23-16-15-22-13-11-12-17-42-28(22)25(23)21-35/h6,15-16,24,26-27H,1,7-14,17-21H2,2-5H3,(H,34,39)/t24-,26+,27+/m1/s1. The number of hydrogen-bond donors (Lipinski definition) is 1. The van der Waals surface area contributed by atoms with E-state index in [4.69, 9.17) is 18.9 Å². The van der Waals surface area contributed by atoms with Gasteiger partial charge >= 0.3 is 18.2 Å². The number of likely N-dealkylation sites (tertiary alicyclic amines) is 1. The van der Waals surface area contributed by atoms with Gasteiger partial charge in [-0.3, -0.25) is 9.69 Å². The Balaban J connectivity index is 1.43. The van der Waals surface area contributed by atoms with Gasteiger partial charge in [-0.05, 0) is 70.4 Å². The molecule has 0 aliphatic carbocycles. The molecule has 1 saturated heterocycles. The molecule has 3 aliphatic rings. The van der Waals surface area contributed by atoms with Crippen molar-refractivity contribution in [3.63, 3.8) is 0 Å². The lowest BCUT2D eigenvalue weighted by atomic mass is 10.0. The van der Waals surface area contributed by atoms with Crippen LogP contribution in [0.5, 0.6) is 5.75 Å². The lowest BCUT2D eigenvalue weighted by Gasteiger charge is -2.29. The Kier molecular flexibility index (Phi) is 11.2. The molecule has 1 aromatic rings. The molecule has 0 unspecified atom stereocenters. The zero-order valence-corrected chi connectivity index (χ0v) is 26.5. The average Bonchev–Trinajstić information content (AvgIpc) is 3.52. The molecule has 3 amide bonds. The quantitative estimate of drug-likeness (QED) is 0.169. The molecule has 0 spiro atoms. The topological polar surface area (TPSA) is 124 Å². The number of hydrogen-bond acceptors (Lipinski definition) is 8. The smallest absolute Gasteiger partial charge is 0.410 e. The van der Waals surface area contributed by atoms with Crippen LogP contribution in [0.15, 0.2) is 24.8 Å². The van der Waals surface area contributed by atoms with Gasteiger partial charge in [-0.1, -0.05) is 31.1 Å². The van der Waals surface area contributed by atoms with Gasteiger partial charge in [0.1, 0.15) is 29.5 Å². The number of benzene rings is 1. The van der Waals surface area contributed by atoms with Crippen LogP contribution in [0, 0.1) is 0 Å². The van der Waals surface area contributed by atoms with Crippen LogP contribution >= 0.6 is 0 Å². The second-order valence-corrected chi connectivity index (χ2v) is 12.7. The Bertz CT molecular complexity index is 1230. The van der Waals surface area contributed by atoms with Gasteiger partial charge in [0.15, 0.2) is 0 Å². The molecular weight excluding hydrogens is 566 g/mol. The summed E-state index contributed by atoms with van der Waals surface area (Å²) in [6.07, 6.45) is 6.67. The molecule has 3 aliphatic heterocycles. The van der Waals surface area contributed by atoms with Gasteiger partial charge in [-0.2, -0.15) is 0 Å². The number of ether oxygens (including phenoxy) is 4. The minimum absolute atomic E-state index is 0.00655. The third-order valence-electron chi connectivity index (χ3n) is 8.17. The summed E-state index contributed by atoms with van der Waals surface area (Å²) in [7, 11) is 1.26. The largest absolute Gasteiger partial charge is 0.493 e. The predicted octanol–water partition coefficient (Wildman–Crippen LogP) is 5.03. The number of aryl methyl sites for hydroxylation is 1. The lowest BCUT2D eigenvalue weighted by Crippen LogP contribution is -2.52. The Morgan fingerprint density at radius 2 is 1.89 bits per heavy atom. The van der Waals surface area contributed by atoms with Crippen molar-refractivity contribution in [2.45, 2.75) is 115 Å². The van der Waals surface area contributed by atoms with Crippen molar-refractivity contribution in [2.75, 3.05) is 20.3 Å². The molecule has 0 aromatic heterocycles. The maximum Gasteiger partial charge on any atom is 0.410 e. The highest BCUT2D eigenvalue weighted by atomic mass is 16.6. The first-order valence-electron chi connectivity index (χ1n) is 15.7. The molecular formula is C33H47N3O8. The number of methoxy groups -OCH3 is 1. The molecule has 1 fully saturated rings. The lowest BCUT2D eigenvalue weighted by molar-refractivity contribution is -0.151. The number of fused-ring (bicyclic) bond motifs is 3. The average molecular weight is 614 g/mol. The molecule has 4 rings (SSSR count). The molecule has 3 atom stereocenters. The van der Waals surface area contributed by atoms with E-state index in [2.05, 4.69) is 24.0 Å². The molecule has 44 heavy (non-hydrogen) atoms. The van der Waals surface area contributed by atoms with E-state index < -0.39 is 47.9 Å². The summed E-state index contributed by atoms with van der Waals surface area (Å²) in [5, 5.41) is 2.71. The Morgan fingerprint density at radius 1 is 1.11 bits per heavy atom. The van der Waals surface area contributed by atoms with Crippen molar-refractivity contribution in [3.05, 3.63) is 41.5 Å². The fraction of sp³-hybridized carbons (Fsp3) is 0.636. The van der Waals surface area contributed by atoms with Gasteiger partial charge < -0.3 is 29.2 Å². The van der Waals surface area contributed by atoms with Crippen molar-refractivity contribution in [3.8, 4) is 5.75 Å². The number of nitrogens with one attached hydrogen (secondary N) is 1. The number of rotatable bonds is 10. The van der Waals surface area contributed by atoms with Crippen molar-refractivity contribution in [1.82, 2.24) is 15.1 Å². The molecule has 1 N–H and O–H groups in total. The zero-order valence-electron chi connectivity index (χ0n) is 26.5. The second kappa shape index (κ2) is 14.8. The molecule has 0 saturated carbocycles. The molecule has 242 valence electrons. The van der Waals surface area contributed by atoms with Crippen LogP contribution in [0.25, 0.3) is 0 Å². The van der Waals surface area contributed by atoms with Crippen LogP contribution in [0.2, 0.25) is 0 Å². The summed E-state index contributed by atoms with van der Waals surface area (Å²) < 4.78 is 22.3. The van der Waals surface area contributed by atoms with E-state index in [0.717, 1.165) is 61.0 Å². The summed E-state index contributed by atoms with van der Waals surface area (Å²) in [5.74, 6) is -0.166. The van der Waals surface area contributed by atoms with Crippen molar-refractivity contribution in [1.29, 1.82) is 0 Å². The number of amides is 3. The van der Waals surface area contributed by atoms with Gasteiger partial charge in [0.2, 0.25) is 5.91 Å². The van der Waals surface area contributed by atoms with Gasteiger partial charge in [0.05, 0.1) is 26.8 Å². The Morgan fingerprint density at radius 3 is 2.61 bits per heavy atom. The number of carbonyl (C=O) groups excluding carboxylic acids is 4. The molecule has 3 heterocycles. The van der Waals surface area contributed by atoms with E-state index in [0.29, 0.717) is 32.5 Å². The predicted molar refractivity (Wildman–Crippen MR) is 163 cm³/mol. The van der Waals surface area contributed by atoms with E-state index in [9.17, 15) is 19.2 Å². The van der Waals surface area contributed by atoms with E-state index in [1.54, 1.807) is 25.7 Å². The van der Waals surface area contributed by atoms with Crippen LogP contribution in [-0.4, -0.2) is 77.9 Å². The molecule has 11 heteroatoms. The van der Waals surface area contributed by atoms with E-state index in [-0.39, 0.29) is 13.0 Å². The van der Waals surface area contributed by atoms with E-state index in [1.807, 2.05) is 6.08 Å². The number of allylic oxidation sites excluding steroid dienone is 1. The van der Waals surface area contributed by atoms with Crippen molar-refractivity contribution >= 4 is 24.1 Å². The van der Waals surface area contributed by atoms with Gasteiger partial charge in [0, 0.05) is 18.5 Å². The SMILES string of the molecule is C=CCCCCC[C@H](NC(=O)OC(C)(C)C)C(=O)N1C[C@H](OC(=O)N2Cc3ccc4c(c3C2)OCCCC4)C[C@H]1C(=O)OC. The van der Waals surface area contributed by atoms with Gasteiger partial charge in [-0.15, -0.1) is 6.58 Å². The monoisotopic (exact) mass is 613 g/mol. The number of esters is 1. The van der Waals surface area contributed by atoms with Crippen LogP contribution < -0.4 is 10.1 Å². The highest BCUT2D eigenvalue weighted by molar-refractivity contribution is 5.90. The second-order valence-electron chi connectivity index (χ2n) is 12.7. The van der Waals surface area contributed by atoms with Crippen LogP contribution in [0.1, 0.15) is 88.8 Å². The van der Waals surface area contributed by atoms with Gasteiger partial charge in [-0.25, -0.2) is 14.4 Å². The van der Waals surface area contributed by atoms with E-state index in [1.165, 1.54) is 12.0 Å². The summed E-state index contributed by atoms with van der Waals surface area (Å²) in [4.78, 5) is 55.6. The number of carbonyl (C=O) groups is 4. The van der Waals surface area contributed by atoms with Crippen LogP contribution in [0.3, 0.4) is 0 Å². The number of unbranched alkanes of at least 4 members (excludes halogenated alkanes) is 3. The molecule has 1 aromatic carbocycles. The first-order valence-corrected chi connectivity index (χ1v) is 15.7. The van der Waals surface area contributed by atoms with Crippen LogP contribution in [-0.2, 0) is 43.3 Å². The minimum Gasteiger partial charge on any atom is -0.493 e. The van der Waals surface area contributed by atoms with E-state index >= 15 is 0 Å². The molecule has 11 nitrogen and oxygen atoms in total. The normalized spacial score (nSPS) is 20.0. The Labute approximate surface area is 260 Å². The summed E-state index contributed by atoms with van der Waals surface area (Å²) in [5.41, 5.74) is 2.46. The van der Waals surface area contributed by atoms with Crippen LogP contribution in [0.4, 0.5) is 9.59 Å². The van der Waals surface area contributed by atoms with Crippen molar-refractivity contribution in [2.24, 2.45) is 0 Å². The highest BCUT2D eigenvalue weighted by Crippen LogP contribution is 2.37. The highest BCUT2D eigenvalue weighted by Gasteiger charge is 2.45. The summed E-state index contributed by atoms with van der Waals surface area (Å²) in [6.45, 7) is 10.4. The first-order chi connectivity index (χ1) is 21.0.